The maximum atomic E-state index is 5.59. The van der Waals surface area contributed by atoms with Crippen LogP contribution in [0.1, 0.15) is 24.4 Å². The first kappa shape index (κ1) is 10.7. The molecular formula is C12H20N2O. The third-order valence-corrected chi connectivity index (χ3v) is 3.09. The van der Waals surface area contributed by atoms with Gasteiger partial charge in [0.25, 0.3) is 0 Å². The molecule has 84 valence electrons. The van der Waals surface area contributed by atoms with Gasteiger partial charge in [0.05, 0.1) is 6.54 Å². The third-order valence-electron chi connectivity index (χ3n) is 3.09. The lowest BCUT2D eigenvalue weighted by Gasteiger charge is -2.31. The lowest BCUT2D eigenvalue weighted by atomic mass is 10.1. The minimum absolute atomic E-state index is 0.648. The van der Waals surface area contributed by atoms with E-state index in [2.05, 4.69) is 16.3 Å². The molecule has 2 rings (SSSR count). The van der Waals surface area contributed by atoms with Crippen molar-refractivity contribution < 1.29 is 4.42 Å². The van der Waals surface area contributed by atoms with Gasteiger partial charge in [-0.1, -0.05) is 0 Å². The monoisotopic (exact) mass is 208 g/mol. The van der Waals surface area contributed by atoms with Crippen LogP contribution in [0.2, 0.25) is 0 Å². The van der Waals surface area contributed by atoms with E-state index in [9.17, 15) is 0 Å². The zero-order valence-electron chi connectivity index (χ0n) is 9.62. The van der Waals surface area contributed by atoms with Crippen molar-refractivity contribution in [1.29, 1.82) is 0 Å². The Balaban J connectivity index is 1.88. The normalized spacial score (nSPS) is 23.2. The molecule has 0 aromatic carbocycles. The van der Waals surface area contributed by atoms with E-state index in [-0.39, 0.29) is 0 Å². The molecule has 0 bridgehead atoms. The molecule has 1 fully saturated rings. The summed E-state index contributed by atoms with van der Waals surface area (Å²) in [4.78, 5) is 2.46. The van der Waals surface area contributed by atoms with Gasteiger partial charge in [-0.3, -0.25) is 4.90 Å². The van der Waals surface area contributed by atoms with Gasteiger partial charge in [-0.2, -0.15) is 0 Å². The Kier molecular flexibility index (Phi) is 3.44. The Bertz CT molecular complexity index is 308. The third kappa shape index (κ3) is 2.83. The summed E-state index contributed by atoms with van der Waals surface area (Å²) in [6.07, 6.45) is 2.58. The molecule has 1 unspecified atom stereocenters. The molecule has 15 heavy (non-hydrogen) atoms. The molecule has 3 nitrogen and oxygen atoms in total. The Morgan fingerprint density at radius 3 is 3.07 bits per heavy atom. The Morgan fingerprint density at radius 1 is 1.53 bits per heavy atom. The Hall–Kier alpha value is -0.800. The van der Waals surface area contributed by atoms with Crippen LogP contribution in [-0.4, -0.2) is 31.1 Å². The van der Waals surface area contributed by atoms with Gasteiger partial charge >= 0.3 is 0 Å². The molecule has 1 saturated heterocycles. The van der Waals surface area contributed by atoms with Crippen LogP contribution in [0, 0.1) is 6.92 Å². The quantitative estimate of drug-likeness (QED) is 0.820. The van der Waals surface area contributed by atoms with E-state index in [1.165, 1.54) is 19.4 Å². The van der Waals surface area contributed by atoms with E-state index < -0.39 is 0 Å². The molecule has 0 saturated carbocycles. The lowest BCUT2D eigenvalue weighted by molar-refractivity contribution is 0.175. The fourth-order valence-electron chi connectivity index (χ4n) is 2.23. The molecule has 1 N–H and O–H groups in total. The molecule has 0 spiro atoms. The summed E-state index contributed by atoms with van der Waals surface area (Å²) in [7, 11) is 2.05. The Morgan fingerprint density at radius 2 is 2.40 bits per heavy atom. The first-order valence-electron chi connectivity index (χ1n) is 5.73. The topological polar surface area (TPSA) is 28.4 Å². The van der Waals surface area contributed by atoms with Gasteiger partial charge < -0.3 is 9.73 Å². The molecule has 0 radical (unpaired) electrons. The van der Waals surface area contributed by atoms with Crippen molar-refractivity contribution >= 4 is 0 Å². The standard InChI is InChI=1S/C12H20N2O/c1-10-5-6-12(15-10)9-14-7-3-4-11(8-14)13-2/h5-6,11,13H,3-4,7-9H2,1-2H3. The molecule has 1 aromatic heterocycles. The lowest BCUT2D eigenvalue weighted by Crippen LogP contribution is -2.43. The number of furan rings is 1. The SMILES string of the molecule is CNC1CCCN(Cc2ccc(C)o2)C1. The van der Waals surface area contributed by atoms with Crippen LogP contribution in [0.15, 0.2) is 16.5 Å². The second-order valence-corrected chi connectivity index (χ2v) is 4.38. The molecule has 1 aliphatic rings. The van der Waals surface area contributed by atoms with Crippen molar-refractivity contribution in [2.45, 2.75) is 32.4 Å². The van der Waals surface area contributed by atoms with Gasteiger partial charge in [-0.25, -0.2) is 0 Å². The molecule has 0 aliphatic carbocycles. The van der Waals surface area contributed by atoms with Crippen molar-refractivity contribution in [2.75, 3.05) is 20.1 Å². The van der Waals surface area contributed by atoms with Crippen LogP contribution >= 0.6 is 0 Å². The first-order valence-corrected chi connectivity index (χ1v) is 5.73. The molecular weight excluding hydrogens is 188 g/mol. The number of likely N-dealkylation sites (N-methyl/N-ethyl adjacent to an activating group) is 1. The summed E-state index contributed by atoms with van der Waals surface area (Å²) in [6, 6.07) is 4.77. The number of hydrogen-bond acceptors (Lipinski definition) is 3. The van der Waals surface area contributed by atoms with Crippen molar-refractivity contribution in [2.24, 2.45) is 0 Å². The summed E-state index contributed by atoms with van der Waals surface area (Å²) < 4.78 is 5.59. The minimum atomic E-state index is 0.648. The first-order chi connectivity index (χ1) is 7.28. The number of nitrogens with one attached hydrogen (secondary N) is 1. The van der Waals surface area contributed by atoms with Crippen LogP contribution in [0.3, 0.4) is 0 Å². The minimum Gasteiger partial charge on any atom is -0.465 e. The van der Waals surface area contributed by atoms with Gasteiger partial charge in [-0.05, 0) is 45.5 Å². The maximum Gasteiger partial charge on any atom is 0.118 e. The second kappa shape index (κ2) is 4.81. The predicted octanol–water partition coefficient (Wildman–Crippen LogP) is 1.77. The molecule has 1 aromatic rings. The smallest absolute Gasteiger partial charge is 0.118 e. The van der Waals surface area contributed by atoms with Gasteiger partial charge in [0.2, 0.25) is 0 Å². The van der Waals surface area contributed by atoms with E-state index in [0.717, 1.165) is 24.6 Å². The van der Waals surface area contributed by atoms with Crippen molar-refractivity contribution in [3.05, 3.63) is 23.7 Å². The summed E-state index contributed by atoms with van der Waals surface area (Å²) in [5.41, 5.74) is 0. The highest BCUT2D eigenvalue weighted by molar-refractivity contribution is 5.05. The number of rotatable bonds is 3. The van der Waals surface area contributed by atoms with Crippen LogP contribution in [0.5, 0.6) is 0 Å². The van der Waals surface area contributed by atoms with E-state index >= 15 is 0 Å². The largest absolute Gasteiger partial charge is 0.465 e. The molecule has 1 atom stereocenters. The number of aryl methyl sites for hydroxylation is 1. The Labute approximate surface area is 91.4 Å². The van der Waals surface area contributed by atoms with Crippen LogP contribution in [0.4, 0.5) is 0 Å². The van der Waals surface area contributed by atoms with Gasteiger partial charge in [0.15, 0.2) is 0 Å². The zero-order chi connectivity index (χ0) is 10.7. The summed E-state index contributed by atoms with van der Waals surface area (Å²) >= 11 is 0. The van der Waals surface area contributed by atoms with Gasteiger partial charge in [0.1, 0.15) is 11.5 Å². The summed E-state index contributed by atoms with van der Waals surface area (Å²) in [5, 5.41) is 3.35. The zero-order valence-corrected chi connectivity index (χ0v) is 9.62. The highest BCUT2D eigenvalue weighted by Crippen LogP contribution is 2.15. The second-order valence-electron chi connectivity index (χ2n) is 4.38. The van der Waals surface area contributed by atoms with Crippen molar-refractivity contribution in [1.82, 2.24) is 10.2 Å². The van der Waals surface area contributed by atoms with Crippen molar-refractivity contribution in [3.63, 3.8) is 0 Å². The fraction of sp³-hybridized carbons (Fsp3) is 0.667. The number of likely N-dealkylation sites (tertiary alicyclic amines) is 1. The van der Waals surface area contributed by atoms with E-state index in [4.69, 9.17) is 4.42 Å². The molecule has 0 amide bonds. The highest BCUT2D eigenvalue weighted by atomic mass is 16.3. The van der Waals surface area contributed by atoms with E-state index in [0.29, 0.717) is 6.04 Å². The number of hydrogen-bond donors (Lipinski definition) is 1. The summed E-state index contributed by atoms with van der Waals surface area (Å²) in [6.45, 7) is 5.27. The van der Waals surface area contributed by atoms with Gasteiger partial charge in [-0.15, -0.1) is 0 Å². The molecule has 1 aliphatic heterocycles. The van der Waals surface area contributed by atoms with Gasteiger partial charge in [0, 0.05) is 12.6 Å². The number of nitrogens with zero attached hydrogens (tertiary/aromatic N) is 1. The maximum absolute atomic E-state index is 5.59. The average Bonchev–Trinajstić information content (AvgIpc) is 2.64. The van der Waals surface area contributed by atoms with E-state index in [1.807, 2.05) is 20.0 Å². The average molecular weight is 208 g/mol. The summed E-state index contributed by atoms with van der Waals surface area (Å²) in [5.74, 6) is 2.09. The van der Waals surface area contributed by atoms with Crippen LogP contribution in [-0.2, 0) is 6.54 Å². The predicted molar refractivity (Wildman–Crippen MR) is 60.8 cm³/mol. The number of piperidine rings is 1. The highest BCUT2D eigenvalue weighted by Gasteiger charge is 2.18. The van der Waals surface area contributed by atoms with Crippen LogP contribution in [0.25, 0.3) is 0 Å². The van der Waals surface area contributed by atoms with Crippen LogP contribution < -0.4 is 5.32 Å². The van der Waals surface area contributed by atoms with Crippen molar-refractivity contribution in [3.8, 4) is 0 Å². The fourth-order valence-corrected chi connectivity index (χ4v) is 2.23. The molecule has 2 heterocycles. The molecule has 3 heteroatoms. The van der Waals surface area contributed by atoms with E-state index in [1.54, 1.807) is 0 Å².